The van der Waals surface area contributed by atoms with E-state index in [9.17, 15) is 23.1 Å². The molecule has 2 aliphatic heterocycles. The SMILES string of the molecule is O=C(O)c1ccc2nc(CN3CC=C(c4nc(NCc5ccc(Cl)cc5F)c(F)cc4F)CC3)n(C[C@@H]3CCO3)c2c1. The number of carboxylic acid groups (broad SMARTS) is 1. The number of carboxylic acids is 1. The molecule has 0 saturated carbocycles. The lowest BCUT2D eigenvalue weighted by molar-refractivity contribution is -0.0591. The number of hydrogen-bond donors (Lipinski definition) is 2. The molecule has 218 valence electrons. The summed E-state index contributed by atoms with van der Waals surface area (Å²) in [7, 11) is 0. The van der Waals surface area contributed by atoms with E-state index in [4.69, 9.17) is 21.3 Å². The molecule has 0 bridgehead atoms. The fourth-order valence-corrected chi connectivity index (χ4v) is 5.35. The molecule has 2 aromatic carbocycles. The maximum absolute atomic E-state index is 14.8. The first-order valence-electron chi connectivity index (χ1n) is 13.5. The first-order chi connectivity index (χ1) is 20.2. The van der Waals surface area contributed by atoms with Crippen molar-refractivity contribution in [2.24, 2.45) is 0 Å². The average molecular weight is 598 g/mol. The third-order valence-electron chi connectivity index (χ3n) is 7.61. The van der Waals surface area contributed by atoms with Crippen molar-refractivity contribution in [1.29, 1.82) is 0 Å². The number of nitrogens with one attached hydrogen (secondary N) is 1. The van der Waals surface area contributed by atoms with Crippen LogP contribution in [-0.4, -0.2) is 56.3 Å². The van der Waals surface area contributed by atoms with Crippen LogP contribution in [0, 0.1) is 17.5 Å². The van der Waals surface area contributed by atoms with Crippen LogP contribution in [0.3, 0.4) is 0 Å². The number of nitrogens with zero attached hydrogens (tertiary/aromatic N) is 4. The number of anilines is 1. The second-order valence-electron chi connectivity index (χ2n) is 10.4. The summed E-state index contributed by atoms with van der Waals surface area (Å²) in [6.45, 7) is 2.78. The van der Waals surface area contributed by atoms with Gasteiger partial charge in [-0.25, -0.2) is 27.9 Å². The molecule has 0 aliphatic carbocycles. The van der Waals surface area contributed by atoms with E-state index in [1.807, 2.05) is 10.6 Å². The molecule has 2 aromatic heterocycles. The summed E-state index contributed by atoms with van der Waals surface area (Å²) in [5, 5.41) is 12.5. The number of hydrogen-bond acceptors (Lipinski definition) is 6. The number of ether oxygens (including phenoxy) is 1. The van der Waals surface area contributed by atoms with Crippen molar-refractivity contribution in [3.8, 4) is 0 Å². The molecule has 8 nitrogen and oxygen atoms in total. The maximum atomic E-state index is 14.8. The molecule has 12 heteroatoms. The van der Waals surface area contributed by atoms with Gasteiger partial charge in [0.25, 0.3) is 0 Å². The molecule has 0 radical (unpaired) electrons. The van der Waals surface area contributed by atoms with Gasteiger partial charge < -0.3 is 19.7 Å². The van der Waals surface area contributed by atoms with Gasteiger partial charge in [-0.2, -0.15) is 0 Å². The molecular weight excluding hydrogens is 571 g/mol. The number of aromatic nitrogens is 3. The number of fused-ring (bicyclic) bond motifs is 1. The normalized spacial score (nSPS) is 17.2. The second kappa shape index (κ2) is 11.7. The Kier molecular flexibility index (Phi) is 7.89. The van der Waals surface area contributed by atoms with Gasteiger partial charge in [-0.3, -0.25) is 4.90 Å². The van der Waals surface area contributed by atoms with Crippen molar-refractivity contribution < 1.29 is 27.8 Å². The molecule has 0 unspecified atom stereocenters. The van der Waals surface area contributed by atoms with Gasteiger partial charge in [-0.1, -0.05) is 23.7 Å². The van der Waals surface area contributed by atoms with Crippen LogP contribution in [0.1, 0.15) is 40.3 Å². The Hall–Kier alpha value is -3.93. The lowest BCUT2D eigenvalue weighted by Gasteiger charge is -2.29. The largest absolute Gasteiger partial charge is 0.478 e. The summed E-state index contributed by atoms with van der Waals surface area (Å²) in [4.78, 5) is 22.7. The number of benzene rings is 2. The summed E-state index contributed by atoms with van der Waals surface area (Å²) < 4.78 is 51.2. The maximum Gasteiger partial charge on any atom is 0.335 e. The Balaban J connectivity index is 1.19. The van der Waals surface area contributed by atoms with Gasteiger partial charge in [-0.05, 0) is 48.7 Å². The van der Waals surface area contributed by atoms with Crippen molar-refractivity contribution in [1.82, 2.24) is 19.4 Å². The third-order valence-corrected chi connectivity index (χ3v) is 7.84. The smallest absolute Gasteiger partial charge is 0.335 e. The van der Waals surface area contributed by atoms with E-state index in [0.29, 0.717) is 50.3 Å². The number of carbonyl (C=O) groups is 1. The van der Waals surface area contributed by atoms with Crippen LogP contribution < -0.4 is 5.32 Å². The van der Waals surface area contributed by atoms with E-state index in [2.05, 4.69) is 15.2 Å². The van der Waals surface area contributed by atoms with Crippen molar-refractivity contribution in [3.05, 3.63) is 93.7 Å². The Morgan fingerprint density at radius 3 is 2.62 bits per heavy atom. The highest BCUT2D eigenvalue weighted by Gasteiger charge is 2.25. The van der Waals surface area contributed by atoms with Crippen molar-refractivity contribution >= 4 is 40.0 Å². The van der Waals surface area contributed by atoms with Crippen LogP contribution in [-0.2, 0) is 24.4 Å². The molecule has 0 amide bonds. The minimum Gasteiger partial charge on any atom is -0.478 e. The molecule has 1 saturated heterocycles. The van der Waals surface area contributed by atoms with E-state index in [-0.39, 0.29) is 40.3 Å². The monoisotopic (exact) mass is 597 g/mol. The zero-order valence-electron chi connectivity index (χ0n) is 22.4. The molecule has 1 atom stereocenters. The third kappa shape index (κ3) is 5.85. The van der Waals surface area contributed by atoms with E-state index in [1.165, 1.54) is 18.2 Å². The Morgan fingerprint density at radius 2 is 1.93 bits per heavy atom. The molecule has 0 spiro atoms. The van der Waals surface area contributed by atoms with Crippen LogP contribution in [0.25, 0.3) is 16.6 Å². The minimum absolute atomic E-state index is 0.0469. The summed E-state index contributed by atoms with van der Waals surface area (Å²) in [5.74, 6) is -2.57. The highest BCUT2D eigenvalue weighted by Crippen LogP contribution is 2.28. The Morgan fingerprint density at radius 1 is 1.10 bits per heavy atom. The summed E-state index contributed by atoms with van der Waals surface area (Å²) in [6.07, 6.45) is 3.31. The number of rotatable bonds is 9. The summed E-state index contributed by atoms with van der Waals surface area (Å²) >= 11 is 5.80. The zero-order valence-corrected chi connectivity index (χ0v) is 23.2. The molecule has 4 heterocycles. The highest BCUT2D eigenvalue weighted by atomic mass is 35.5. The molecule has 4 aromatic rings. The Labute approximate surface area is 244 Å². The van der Waals surface area contributed by atoms with Gasteiger partial charge in [0.2, 0.25) is 0 Å². The van der Waals surface area contributed by atoms with Gasteiger partial charge in [0.15, 0.2) is 17.5 Å². The zero-order chi connectivity index (χ0) is 29.4. The summed E-state index contributed by atoms with van der Waals surface area (Å²) in [5.41, 5.74) is 2.60. The van der Waals surface area contributed by atoms with Crippen molar-refractivity contribution in [3.63, 3.8) is 0 Å². The summed E-state index contributed by atoms with van der Waals surface area (Å²) in [6, 6.07) is 9.86. The van der Waals surface area contributed by atoms with Crippen molar-refractivity contribution in [2.75, 3.05) is 25.0 Å². The van der Waals surface area contributed by atoms with E-state index < -0.39 is 23.4 Å². The number of halogens is 4. The van der Waals surface area contributed by atoms with Crippen molar-refractivity contribution in [2.45, 2.75) is 38.6 Å². The molecule has 6 rings (SSSR count). The first kappa shape index (κ1) is 28.2. The van der Waals surface area contributed by atoms with E-state index >= 15 is 0 Å². The van der Waals surface area contributed by atoms with Crippen LogP contribution in [0.15, 0.2) is 48.5 Å². The average Bonchev–Trinajstić information content (AvgIpc) is 3.27. The minimum atomic E-state index is -1.00. The lowest BCUT2D eigenvalue weighted by Crippen LogP contribution is -2.33. The molecule has 2 N–H and O–H groups in total. The van der Waals surface area contributed by atoms with Crippen LogP contribution in [0.5, 0.6) is 0 Å². The first-order valence-corrected chi connectivity index (χ1v) is 13.9. The van der Waals surface area contributed by atoms with Crippen LogP contribution >= 0.6 is 11.6 Å². The highest BCUT2D eigenvalue weighted by molar-refractivity contribution is 6.30. The van der Waals surface area contributed by atoms with Crippen LogP contribution in [0.2, 0.25) is 5.02 Å². The lowest BCUT2D eigenvalue weighted by atomic mass is 10.0. The topological polar surface area (TPSA) is 92.5 Å². The molecule has 42 heavy (non-hydrogen) atoms. The molecule has 1 fully saturated rings. The number of imidazole rings is 1. The predicted octanol–water partition coefficient (Wildman–Crippen LogP) is 5.89. The quantitative estimate of drug-likeness (QED) is 0.249. The molecule has 2 aliphatic rings. The van der Waals surface area contributed by atoms with Gasteiger partial charge in [0, 0.05) is 42.9 Å². The second-order valence-corrected chi connectivity index (χ2v) is 10.8. The van der Waals surface area contributed by atoms with Crippen LogP contribution in [0.4, 0.5) is 19.0 Å². The number of pyridine rings is 1. The fourth-order valence-electron chi connectivity index (χ4n) is 5.19. The van der Waals surface area contributed by atoms with Gasteiger partial charge in [0.1, 0.15) is 17.3 Å². The van der Waals surface area contributed by atoms with Gasteiger partial charge in [0.05, 0.1) is 35.8 Å². The fraction of sp³-hybridized carbons (Fsp3) is 0.300. The standard InChI is InChI=1S/C30H27ClF3N5O3/c31-20-3-1-19(22(32)12-20)14-35-29-24(34)13-23(33)28(37-29)17-5-8-38(9-6-17)16-27-36-25-4-2-18(30(40)41)11-26(25)39(27)15-21-7-10-42-21/h1-5,11-13,21H,6-10,14-16H2,(H,35,37)(H,40,41)/t21-/m0/s1. The Bertz CT molecular complexity index is 1710. The molecular formula is C30H27ClF3N5O3. The van der Waals surface area contributed by atoms with Gasteiger partial charge >= 0.3 is 5.97 Å². The predicted molar refractivity (Wildman–Crippen MR) is 152 cm³/mol. The van der Waals surface area contributed by atoms with E-state index in [0.717, 1.165) is 23.8 Å². The van der Waals surface area contributed by atoms with E-state index in [1.54, 1.807) is 18.2 Å². The number of aromatic carboxylic acids is 1. The van der Waals surface area contributed by atoms with Gasteiger partial charge in [-0.15, -0.1) is 0 Å².